The molecule has 0 saturated heterocycles. The van der Waals surface area contributed by atoms with Gasteiger partial charge < -0.3 is 18.9 Å². The lowest BCUT2D eigenvalue weighted by Gasteiger charge is -2.24. The second kappa shape index (κ2) is 42.8. The summed E-state index contributed by atoms with van der Waals surface area (Å²) in [5.41, 5.74) is 0. The first-order valence-corrected chi connectivity index (χ1v) is 26.6. The van der Waals surface area contributed by atoms with Crippen LogP contribution < -0.4 is 0 Å². The van der Waals surface area contributed by atoms with Crippen LogP contribution in [0.3, 0.4) is 0 Å². The van der Waals surface area contributed by atoms with Crippen LogP contribution in [0.25, 0.3) is 0 Å². The van der Waals surface area contributed by atoms with Crippen LogP contribution in [0, 0.1) is 0 Å². The number of unbranched alkanes of at least 4 members (excludes halogenated alkanes) is 28. The smallest absolute Gasteiger partial charge is 0.462 e. The summed E-state index contributed by atoms with van der Waals surface area (Å²) in [5.74, 6) is -0.791. The predicted molar refractivity (Wildman–Crippen MR) is 252 cm³/mol. The van der Waals surface area contributed by atoms with Crippen LogP contribution in [-0.2, 0) is 32.7 Å². The predicted octanol–water partition coefficient (Wildman–Crippen LogP) is 14.7. The molecule has 0 aromatic carbocycles. The van der Waals surface area contributed by atoms with E-state index in [1.807, 2.05) is 21.1 Å². The highest BCUT2D eigenvalue weighted by molar-refractivity contribution is 7.47. The third-order valence-electron chi connectivity index (χ3n) is 11.0. The fraction of sp³-hybridized carbons (Fsp3) is 0.880. The molecule has 0 saturated carbocycles. The van der Waals surface area contributed by atoms with Crippen molar-refractivity contribution in [3.8, 4) is 0 Å². The molecule has 0 heterocycles. The quantitative estimate of drug-likeness (QED) is 0.0212. The zero-order valence-electron chi connectivity index (χ0n) is 40.0. The molecule has 0 aromatic rings. The number of rotatable bonds is 46. The van der Waals surface area contributed by atoms with E-state index in [9.17, 15) is 19.0 Å². The summed E-state index contributed by atoms with van der Waals surface area (Å²) in [4.78, 5) is 35.5. The minimum absolute atomic E-state index is 0.0333. The molecule has 0 amide bonds. The van der Waals surface area contributed by atoms with E-state index in [-0.39, 0.29) is 32.0 Å². The minimum atomic E-state index is -4.38. The number of carbonyl (C=O) groups excluding carboxylic acids is 2. The number of quaternary nitrogens is 1. The lowest BCUT2D eigenvalue weighted by atomic mass is 10.0. The zero-order chi connectivity index (χ0) is 44.3. The maximum atomic E-state index is 12.7. The molecule has 0 bridgehead atoms. The highest BCUT2D eigenvalue weighted by Crippen LogP contribution is 2.43. The summed E-state index contributed by atoms with van der Waals surface area (Å²) in [6, 6.07) is 0. The monoisotopic (exact) mass is 871 g/mol. The van der Waals surface area contributed by atoms with Gasteiger partial charge in [-0.1, -0.05) is 199 Å². The molecule has 0 aliphatic heterocycles. The van der Waals surface area contributed by atoms with E-state index in [1.165, 1.54) is 161 Å². The van der Waals surface area contributed by atoms with Crippen LogP contribution in [0.15, 0.2) is 24.3 Å². The number of nitrogens with zero attached hydrogens (tertiary/aromatic N) is 1. The van der Waals surface area contributed by atoms with Gasteiger partial charge in [0.15, 0.2) is 6.10 Å². The van der Waals surface area contributed by atoms with Crippen molar-refractivity contribution < 1.29 is 42.1 Å². The first-order valence-electron chi connectivity index (χ1n) is 25.1. The van der Waals surface area contributed by atoms with Gasteiger partial charge in [-0.2, -0.15) is 0 Å². The Balaban J connectivity index is 4.25. The molecule has 10 heteroatoms. The molecule has 0 fully saturated rings. The average molecular weight is 871 g/mol. The van der Waals surface area contributed by atoms with Crippen molar-refractivity contribution in [2.45, 2.75) is 238 Å². The number of allylic oxidation sites excluding steroid dienone is 4. The van der Waals surface area contributed by atoms with Crippen molar-refractivity contribution in [1.82, 2.24) is 0 Å². The second-order valence-corrected chi connectivity index (χ2v) is 19.7. The third-order valence-corrected chi connectivity index (χ3v) is 12.0. The van der Waals surface area contributed by atoms with E-state index >= 15 is 0 Å². The summed E-state index contributed by atoms with van der Waals surface area (Å²) in [6.07, 6.45) is 47.9. The van der Waals surface area contributed by atoms with E-state index < -0.39 is 26.5 Å². The fourth-order valence-electron chi connectivity index (χ4n) is 7.05. The topological polar surface area (TPSA) is 108 Å². The van der Waals surface area contributed by atoms with Gasteiger partial charge in [-0.15, -0.1) is 0 Å². The Hall–Kier alpha value is -1.51. The van der Waals surface area contributed by atoms with E-state index in [0.29, 0.717) is 17.4 Å². The molecular weight excluding hydrogens is 774 g/mol. The molecular formula is C50H97NO8P+. The Bertz CT molecular complexity index is 1070. The van der Waals surface area contributed by atoms with Gasteiger partial charge in [0.05, 0.1) is 27.7 Å². The van der Waals surface area contributed by atoms with Crippen molar-refractivity contribution >= 4 is 19.8 Å². The largest absolute Gasteiger partial charge is 0.472 e. The number of likely N-dealkylation sites (N-methyl/N-ethyl adjacent to an activating group) is 1. The molecule has 0 rings (SSSR count). The SMILES string of the molecule is CCCCC/C=C\C/C=C\CCCCCCCCCCCC(=O)OC[C@H](COP(=O)(O)OCC[N+](C)(C)C)OC(=O)CCCCCCCCCCCCCCCCCCC. The molecule has 60 heavy (non-hydrogen) atoms. The van der Waals surface area contributed by atoms with Crippen LogP contribution >= 0.6 is 7.82 Å². The van der Waals surface area contributed by atoms with Gasteiger partial charge in [0.25, 0.3) is 0 Å². The molecule has 2 atom stereocenters. The number of carbonyl (C=O) groups is 2. The van der Waals surface area contributed by atoms with Gasteiger partial charge >= 0.3 is 19.8 Å². The molecule has 1 N–H and O–H groups in total. The summed E-state index contributed by atoms with van der Waals surface area (Å²) in [6.45, 7) is 4.43. The summed E-state index contributed by atoms with van der Waals surface area (Å²) < 4.78 is 34.4. The molecule has 1 unspecified atom stereocenters. The molecule has 0 aliphatic rings. The number of phosphoric ester groups is 1. The maximum Gasteiger partial charge on any atom is 0.472 e. The van der Waals surface area contributed by atoms with E-state index in [1.54, 1.807) is 0 Å². The lowest BCUT2D eigenvalue weighted by molar-refractivity contribution is -0.870. The van der Waals surface area contributed by atoms with Crippen LogP contribution in [0.2, 0.25) is 0 Å². The molecule has 0 aliphatic carbocycles. The molecule has 9 nitrogen and oxygen atoms in total. The Labute approximate surface area is 370 Å². The van der Waals surface area contributed by atoms with Crippen molar-refractivity contribution in [2.24, 2.45) is 0 Å². The third kappa shape index (κ3) is 46.0. The highest BCUT2D eigenvalue weighted by Gasteiger charge is 2.27. The molecule has 0 spiro atoms. The van der Waals surface area contributed by atoms with Gasteiger partial charge in [-0.3, -0.25) is 18.6 Å². The van der Waals surface area contributed by atoms with Crippen LogP contribution in [0.1, 0.15) is 232 Å². The van der Waals surface area contributed by atoms with Gasteiger partial charge in [-0.25, -0.2) is 4.57 Å². The van der Waals surface area contributed by atoms with E-state index in [2.05, 4.69) is 38.2 Å². The number of hydrogen-bond donors (Lipinski definition) is 1. The zero-order valence-corrected chi connectivity index (χ0v) is 40.9. The van der Waals surface area contributed by atoms with Gasteiger partial charge in [0.1, 0.15) is 19.8 Å². The molecule has 0 radical (unpaired) electrons. The Morgan fingerprint density at radius 1 is 0.517 bits per heavy atom. The highest BCUT2D eigenvalue weighted by atomic mass is 31.2. The van der Waals surface area contributed by atoms with Crippen molar-refractivity contribution in [3.05, 3.63) is 24.3 Å². The average Bonchev–Trinajstić information content (AvgIpc) is 3.20. The summed E-state index contributed by atoms with van der Waals surface area (Å²) in [5, 5.41) is 0. The number of esters is 2. The van der Waals surface area contributed by atoms with Gasteiger partial charge in [-0.05, 0) is 44.9 Å². The number of phosphoric acid groups is 1. The second-order valence-electron chi connectivity index (χ2n) is 18.2. The van der Waals surface area contributed by atoms with Gasteiger partial charge in [0, 0.05) is 12.8 Å². The van der Waals surface area contributed by atoms with E-state index in [0.717, 1.165) is 38.5 Å². The van der Waals surface area contributed by atoms with Crippen LogP contribution in [0.5, 0.6) is 0 Å². The van der Waals surface area contributed by atoms with Crippen LogP contribution in [-0.4, -0.2) is 74.9 Å². The molecule has 0 aromatic heterocycles. The Kier molecular flexibility index (Phi) is 41.7. The normalized spacial score (nSPS) is 13.6. The lowest BCUT2D eigenvalue weighted by Crippen LogP contribution is -2.37. The number of hydrogen-bond acceptors (Lipinski definition) is 7. The van der Waals surface area contributed by atoms with Crippen LogP contribution in [0.4, 0.5) is 0 Å². The minimum Gasteiger partial charge on any atom is -0.462 e. The van der Waals surface area contributed by atoms with Crippen molar-refractivity contribution in [2.75, 3.05) is 47.5 Å². The first-order chi connectivity index (χ1) is 29.0. The maximum absolute atomic E-state index is 12.7. The van der Waals surface area contributed by atoms with E-state index in [4.69, 9.17) is 18.5 Å². The Morgan fingerprint density at radius 3 is 1.35 bits per heavy atom. The standard InChI is InChI=1S/C50H96NO8P/c1-6-8-10-12-14-16-18-20-22-24-25-27-28-30-32-34-36-38-40-42-49(52)56-46-48(47-58-60(54,55)57-45-44-51(3,4)5)59-50(53)43-41-39-37-35-33-31-29-26-23-21-19-17-15-13-11-9-7-2/h14,16,20,22,48H,6-13,15,17-19,21,23-47H2,1-5H3/p+1/b16-14-,22-20-/t48-/m1/s1. The first kappa shape index (κ1) is 58.5. The molecule has 354 valence electrons. The summed E-state index contributed by atoms with van der Waals surface area (Å²) in [7, 11) is 1.48. The van der Waals surface area contributed by atoms with Crippen molar-refractivity contribution in [1.29, 1.82) is 0 Å². The summed E-state index contributed by atoms with van der Waals surface area (Å²) >= 11 is 0. The Morgan fingerprint density at radius 2 is 0.900 bits per heavy atom. The van der Waals surface area contributed by atoms with Crippen molar-refractivity contribution in [3.63, 3.8) is 0 Å². The van der Waals surface area contributed by atoms with Gasteiger partial charge in [0.2, 0.25) is 0 Å². The number of ether oxygens (including phenoxy) is 2. The fourth-order valence-corrected chi connectivity index (χ4v) is 7.79.